The van der Waals surface area contributed by atoms with Gasteiger partial charge in [0.1, 0.15) is 5.76 Å². The maximum atomic E-state index is 12.1. The number of hydrogen-bond acceptors (Lipinski definition) is 3. The summed E-state index contributed by atoms with van der Waals surface area (Å²) in [7, 11) is 0. The topological polar surface area (TPSA) is 55.1 Å². The van der Waals surface area contributed by atoms with E-state index in [2.05, 4.69) is 17.4 Å². The van der Waals surface area contributed by atoms with Crippen molar-refractivity contribution in [2.24, 2.45) is 11.8 Å². The Kier molecular flexibility index (Phi) is 5.00. The number of nitrogens with zero attached hydrogens (tertiary/aromatic N) is 1. The molecule has 1 heterocycles. The van der Waals surface area contributed by atoms with Crippen LogP contribution in [-0.4, -0.2) is 11.1 Å². The van der Waals surface area contributed by atoms with Crippen molar-refractivity contribution in [1.29, 1.82) is 0 Å². The van der Waals surface area contributed by atoms with Gasteiger partial charge in [0, 0.05) is 12.0 Å². The van der Waals surface area contributed by atoms with Gasteiger partial charge < -0.3 is 9.84 Å². The van der Waals surface area contributed by atoms with Crippen LogP contribution < -0.4 is 5.32 Å². The van der Waals surface area contributed by atoms with Gasteiger partial charge in [0.05, 0.1) is 0 Å². The number of nitrogens with one attached hydrogen (secondary N) is 1. The van der Waals surface area contributed by atoms with E-state index in [0.717, 1.165) is 24.5 Å². The highest BCUT2D eigenvalue weighted by molar-refractivity contribution is 5.91. The van der Waals surface area contributed by atoms with Crippen LogP contribution >= 0.6 is 0 Å². The third-order valence-electron chi connectivity index (χ3n) is 4.06. The molecule has 1 aromatic heterocycles. The van der Waals surface area contributed by atoms with Gasteiger partial charge in [-0.1, -0.05) is 31.3 Å². The van der Waals surface area contributed by atoms with E-state index in [0.29, 0.717) is 5.82 Å². The summed E-state index contributed by atoms with van der Waals surface area (Å²) in [5.41, 5.74) is 0. The Hall–Kier alpha value is -1.32. The van der Waals surface area contributed by atoms with E-state index in [4.69, 9.17) is 4.52 Å². The Morgan fingerprint density at radius 2 is 2.16 bits per heavy atom. The highest BCUT2D eigenvalue weighted by Crippen LogP contribution is 2.32. The van der Waals surface area contributed by atoms with Gasteiger partial charge in [-0.25, -0.2) is 0 Å². The summed E-state index contributed by atoms with van der Waals surface area (Å²) in [4.78, 5) is 12.1. The fourth-order valence-corrected chi connectivity index (χ4v) is 2.86. The van der Waals surface area contributed by atoms with Crippen molar-refractivity contribution in [2.75, 3.05) is 5.32 Å². The third kappa shape index (κ3) is 4.08. The summed E-state index contributed by atoms with van der Waals surface area (Å²) in [5, 5.41) is 6.65. The van der Waals surface area contributed by atoms with Crippen molar-refractivity contribution in [3.05, 3.63) is 11.8 Å². The molecule has 0 saturated heterocycles. The van der Waals surface area contributed by atoms with Crippen molar-refractivity contribution in [3.63, 3.8) is 0 Å². The lowest BCUT2D eigenvalue weighted by atomic mass is 9.79. The molecule has 1 amide bonds. The second-order valence-corrected chi connectivity index (χ2v) is 5.67. The van der Waals surface area contributed by atoms with Crippen molar-refractivity contribution in [2.45, 2.75) is 58.8 Å². The van der Waals surface area contributed by atoms with Crippen molar-refractivity contribution in [1.82, 2.24) is 5.16 Å². The van der Waals surface area contributed by atoms with Crippen LogP contribution in [0.3, 0.4) is 0 Å². The minimum Gasteiger partial charge on any atom is -0.360 e. The molecule has 1 fully saturated rings. The number of rotatable bonds is 5. The Labute approximate surface area is 114 Å². The van der Waals surface area contributed by atoms with E-state index >= 15 is 0 Å². The van der Waals surface area contributed by atoms with E-state index in [1.165, 1.54) is 32.1 Å². The fourth-order valence-electron chi connectivity index (χ4n) is 2.86. The largest absolute Gasteiger partial charge is 0.360 e. The molecule has 19 heavy (non-hydrogen) atoms. The lowest BCUT2D eigenvalue weighted by molar-refractivity contribution is -0.121. The van der Waals surface area contributed by atoms with Gasteiger partial charge in [-0.05, 0) is 38.5 Å². The number of carbonyl (C=O) groups excluding carboxylic acids is 1. The van der Waals surface area contributed by atoms with Gasteiger partial charge in [-0.2, -0.15) is 0 Å². The molecule has 0 unspecified atom stereocenters. The maximum Gasteiger partial charge on any atom is 0.228 e. The molecule has 4 nitrogen and oxygen atoms in total. The molecule has 0 atom stereocenters. The molecule has 0 spiro atoms. The number of unbranched alkanes of at least 4 members (excludes halogenated alkanes) is 1. The van der Waals surface area contributed by atoms with Crippen molar-refractivity contribution in [3.8, 4) is 0 Å². The fraction of sp³-hybridized carbons (Fsp3) is 0.733. The smallest absolute Gasteiger partial charge is 0.228 e. The third-order valence-corrected chi connectivity index (χ3v) is 4.06. The number of anilines is 1. The Morgan fingerprint density at radius 3 is 2.74 bits per heavy atom. The zero-order chi connectivity index (χ0) is 13.7. The standard InChI is InChI=1S/C15H24N2O2/c1-3-4-5-12-6-8-13(9-7-12)15(18)16-14-10-11(2)19-17-14/h10,12-13H,3-9H2,1-2H3,(H,16,17,18). The predicted molar refractivity (Wildman–Crippen MR) is 74.8 cm³/mol. The van der Waals surface area contributed by atoms with Crippen LogP contribution in [0.15, 0.2) is 10.6 Å². The van der Waals surface area contributed by atoms with Gasteiger partial charge in [0.15, 0.2) is 5.82 Å². The van der Waals surface area contributed by atoms with E-state index in [1.54, 1.807) is 6.07 Å². The van der Waals surface area contributed by atoms with Gasteiger partial charge in [0.25, 0.3) is 0 Å². The number of hydrogen-bond donors (Lipinski definition) is 1. The first-order chi connectivity index (χ1) is 9.19. The SMILES string of the molecule is CCCCC1CCC(C(=O)Nc2cc(C)on2)CC1. The summed E-state index contributed by atoms with van der Waals surface area (Å²) >= 11 is 0. The Balaban J connectivity index is 1.76. The molecule has 106 valence electrons. The van der Waals surface area contributed by atoms with Crippen LogP contribution in [-0.2, 0) is 4.79 Å². The predicted octanol–water partition coefficient (Wildman–Crippen LogP) is 3.92. The number of carbonyl (C=O) groups is 1. The highest BCUT2D eigenvalue weighted by Gasteiger charge is 2.26. The average molecular weight is 264 g/mol. The van der Waals surface area contributed by atoms with Crippen molar-refractivity contribution < 1.29 is 9.32 Å². The van der Waals surface area contributed by atoms with Crippen LogP contribution in [0.1, 0.15) is 57.6 Å². The number of aromatic nitrogens is 1. The summed E-state index contributed by atoms with van der Waals surface area (Å²) in [6.07, 6.45) is 8.32. The first-order valence-electron chi connectivity index (χ1n) is 7.43. The molecule has 1 aliphatic rings. The van der Waals surface area contributed by atoms with E-state index in [-0.39, 0.29) is 11.8 Å². The Morgan fingerprint density at radius 1 is 1.42 bits per heavy atom. The molecule has 4 heteroatoms. The molecule has 1 aliphatic carbocycles. The van der Waals surface area contributed by atoms with E-state index in [1.807, 2.05) is 6.92 Å². The summed E-state index contributed by atoms with van der Waals surface area (Å²) in [6.45, 7) is 4.06. The zero-order valence-corrected chi connectivity index (χ0v) is 11.9. The second kappa shape index (κ2) is 6.73. The van der Waals surface area contributed by atoms with Crippen LogP contribution in [0, 0.1) is 18.8 Å². The van der Waals surface area contributed by atoms with Gasteiger partial charge in [-0.15, -0.1) is 0 Å². The highest BCUT2D eigenvalue weighted by atomic mass is 16.5. The summed E-state index contributed by atoms with van der Waals surface area (Å²) in [5.74, 6) is 2.34. The molecule has 0 bridgehead atoms. The maximum absolute atomic E-state index is 12.1. The summed E-state index contributed by atoms with van der Waals surface area (Å²) < 4.78 is 4.95. The number of aryl methyl sites for hydroxylation is 1. The molecule has 2 rings (SSSR count). The number of amides is 1. The first-order valence-corrected chi connectivity index (χ1v) is 7.43. The normalized spacial score (nSPS) is 23.3. The summed E-state index contributed by atoms with van der Waals surface area (Å²) in [6, 6.07) is 1.75. The minimum absolute atomic E-state index is 0.0993. The van der Waals surface area contributed by atoms with Crippen molar-refractivity contribution >= 4 is 11.7 Å². The first kappa shape index (κ1) is 14.1. The lowest BCUT2D eigenvalue weighted by Crippen LogP contribution is -2.27. The lowest BCUT2D eigenvalue weighted by Gasteiger charge is -2.27. The van der Waals surface area contributed by atoms with Gasteiger partial charge in [0.2, 0.25) is 5.91 Å². The molecule has 1 saturated carbocycles. The van der Waals surface area contributed by atoms with Gasteiger partial charge in [-0.3, -0.25) is 4.79 Å². The van der Waals surface area contributed by atoms with Crippen LogP contribution in [0.2, 0.25) is 0 Å². The van der Waals surface area contributed by atoms with Crippen LogP contribution in [0.25, 0.3) is 0 Å². The zero-order valence-electron chi connectivity index (χ0n) is 11.9. The van der Waals surface area contributed by atoms with Crippen LogP contribution in [0.4, 0.5) is 5.82 Å². The minimum atomic E-state index is 0.0993. The molecule has 0 aromatic carbocycles. The molecular weight excluding hydrogens is 240 g/mol. The molecular formula is C15H24N2O2. The van der Waals surface area contributed by atoms with Gasteiger partial charge >= 0.3 is 0 Å². The molecule has 1 aromatic rings. The monoisotopic (exact) mass is 264 g/mol. The average Bonchev–Trinajstić information content (AvgIpc) is 2.82. The quantitative estimate of drug-likeness (QED) is 0.877. The molecule has 0 radical (unpaired) electrons. The van der Waals surface area contributed by atoms with Crippen LogP contribution in [0.5, 0.6) is 0 Å². The molecule has 1 N–H and O–H groups in total. The van der Waals surface area contributed by atoms with E-state index < -0.39 is 0 Å². The second-order valence-electron chi connectivity index (χ2n) is 5.67. The Bertz CT molecular complexity index is 406. The molecule has 0 aliphatic heterocycles. The van der Waals surface area contributed by atoms with E-state index in [9.17, 15) is 4.79 Å².